The van der Waals surface area contributed by atoms with E-state index < -0.39 is 0 Å². The lowest BCUT2D eigenvalue weighted by atomic mass is 10.2. The number of halogens is 3. The molecule has 1 aromatic heterocycles. The molecule has 1 heterocycles. The minimum absolute atomic E-state index is 0.186. The average Bonchev–Trinajstić information content (AvgIpc) is 2.48. The van der Waals surface area contributed by atoms with Crippen molar-refractivity contribution < 1.29 is 4.39 Å². The third kappa shape index (κ3) is 1.22. The van der Waals surface area contributed by atoms with E-state index in [4.69, 9.17) is 0 Å². The van der Waals surface area contributed by atoms with Gasteiger partial charge >= 0.3 is 0 Å². The Balaban J connectivity index is 2.94. The Bertz CT molecular complexity index is 436. The molecule has 4 heteroatoms. The van der Waals surface area contributed by atoms with Gasteiger partial charge in [-0.15, -0.1) is 11.3 Å². The Hall–Kier alpha value is 0.0700. The van der Waals surface area contributed by atoms with E-state index in [1.54, 1.807) is 0 Å². The Labute approximate surface area is 89.7 Å². The number of benzene rings is 1. The van der Waals surface area contributed by atoms with Crippen LogP contribution in [0.2, 0.25) is 0 Å². The van der Waals surface area contributed by atoms with Gasteiger partial charge in [0.25, 0.3) is 0 Å². The highest BCUT2D eigenvalue weighted by molar-refractivity contribution is 9.13. The Kier molecular flexibility index (Phi) is 2.23. The maximum Gasteiger partial charge on any atom is 0.156 e. The summed E-state index contributed by atoms with van der Waals surface area (Å²) < 4.78 is 15.4. The Morgan fingerprint density at radius 1 is 1.33 bits per heavy atom. The zero-order valence-electron chi connectivity index (χ0n) is 5.77. The second-order valence-electron chi connectivity index (χ2n) is 2.33. The minimum Gasteiger partial charge on any atom is -0.204 e. The molecule has 0 amide bonds. The van der Waals surface area contributed by atoms with Gasteiger partial charge in [-0.25, -0.2) is 4.39 Å². The molecule has 0 aliphatic rings. The summed E-state index contributed by atoms with van der Waals surface area (Å²) in [6.45, 7) is 0. The van der Waals surface area contributed by atoms with Crippen LogP contribution in [0.15, 0.2) is 26.5 Å². The first-order valence-electron chi connectivity index (χ1n) is 3.21. The van der Waals surface area contributed by atoms with Gasteiger partial charge in [-0.05, 0) is 54.8 Å². The lowest BCUT2D eigenvalue weighted by Gasteiger charge is -1.98. The predicted molar refractivity (Wildman–Crippen MR) is 57.2 cm³/mol. The average molecular weight is 310 g/mol. The zero-order chi connectivity index (χ0) is 8.72. The van der Waals surface area contributed by atoms with Crippen molar-refractivity contribution >= 4 is 53.3 Å². The molecule has 0 N–H and O–H groups in total. The standard InChI is InChI=1S/C8H3Br2FS/c9-5-3-4-1-2-12-8(4)7(11)6(5)10/h1-3H. The Morgan fingerprint density at radius 3 is 2.83 bits per heavy atom. The molecule has 0 bridgehead atoms. The summed E-state index contributed by atoms with van der Waals surface area (Å²) in [7, 11) is 0. The van der Waals surface area contributed by atoms with E-state index >= 15 is 0 Å². The first-order valence-corrected chi connectivity index (χ1v) is 5.67. The van der Waals surface area contributed by atoms with E-state index in [1.165, 1.54) is 11.3 Å². The lowest BCUT2D eigenvalue weighted by molar-refractivity contribution is 0.634. The molecule has 2 rings (SSSR count). The fourth-order valence-corrected chi connectivity index (χ4v) is 2.70. The zero-order valence-corrected chi connectivity index (χ0v) is 9.76. The van der Waals surface area contributed by atoms with Gasteiger partial charge in [0.05, 0.1) is 9.17 Å². The molecule has 0 radical (unpaired) electrons. The molecule has 1 aromatic carbocycles. The number of thiophene rings is 1. The van der Waals surface area contributed by atoms with E-state index in [1.807, 2.05) is 17.5 Å². The summed E-state index contributed by atoms with van der Waals surface area (Å²) in [5.41, 5.74) is 0. The van der Waals surface area contributed by atoms with Crippen molar-refractivity contribution in [3.63, 3.8) is 0 Å². The number of hydrogen-bond donors (Lipinski definition) is 0. The van der Waals surface area contributed by atoms with E-state index in [2.05, 4.69) is 31.9 Å². The molecule has 2 aromatic rings. The van der Waals surface area contributed by atoms with Crippen LogP contribution in [0.25, 0.3) is 10.1 Å². The summed E-state index contributed by atoms with van der Waals surface area (Å²) in [6, 6.07) is 3.80. The van der Waals surface area contributed by atoms with Crippen LogP contribution in [-0.4, -0.2) is 0 Å². The summed E-state index contributed by atoms with van der Waals surface area (Å²) in [5.74, 6) is -0.186. The van der Waals surface area contributed by atoms with Crippen molar-refractivity contribution in [2.24, 2.45) is 0 Å². The van der Waals surface area contributed by atoms with Crippen molar-refractivity contribution in [2.45, 2.75) is 0 Å². The number of rotatable bonds is 0. The molecule has 0 spiro atoms. The molecule has 0 nitrogen and oxygen atoms in total. The van der Waals surface area contributed by atoms with Crippen LogP contribution in [-0.2, 0) is 0 Å². The van der Waals surface area contributed by atoms with Crippen LogP contribution in [0.3, 0.4) is 0 Å². The molecule has 62 valence electrons. The topological polar surface area (TPSA) is 0 Å². The second kappa shape index (κ2) is 3.09. The van der Waals surface area contributed by atoms with Gasteiger partial charge < -0.3 is 0 Å². The normalized spacial score (nSPS) is 10.9. The predicted octanol–water partition coefficient (Wildman–Crippen LogP) is 4.57. The molecule has 0 aliphatic heterocycles. The van der Waals surface area contributed by atoms with Gasteiger partial charge in [-0.2, -0.15) is 0 Å². The largest absolute Gasteiger partial charge is 0.204 e. The maximum atomic E-state index is 13.4. The fourth-order valence-electron chi connectivity index (χ4n) is 1.02. The third-order valence-corrected chi connectivity index (χ3v) is 4.44. The van der Waals surface area contributed by atoms with Gasteiger partial charge in [0.1, 0.15) is 0 Å². The van der Waals surface area contributed by atoms with Gasteiger partial charge in [0.15, 0.2) is 5.82 Å². The van der Waals surface area contributed by atoms with Crippen LogP contribution < -0.4 is 0 Å². The molecule has 0 saturated carbocycles. The molecule has 0 saturated heterocycles. The number of fused-ring (bicyclic) bond motifs is 1. The molecule has 0 unspecified atom stereocenters. The monoisotopic (exact) mass is 308 g/mol. The first kappa shape index (κ1) is 8.66. The molecular formula is C8H3Br2FS. The smallest absolute Gasteiger partial charge is 0.156 e. The van der Waals surface area contributed by atoms with E-state index in [-0.39, 0.29) is 5.82 Å². The summed E-state index contributed by atoms with van der Waals surface area (Å²) in [6.07, 6.45) is 0. The number of hydrogen-bond acceptors (Lipinski definition) is 1. The van der Waals surface area contributed by atoms with Gasteiger partial charge in [-0.3, -0.25) is 0 Å². The maximum absolute atomic E-state index is 13.4. The van der Waals surface area contributed by atoms with Crippen LogP contribution in [0.1, 0.15) is 0 Å². The van der Waals surface area contributed by atoms with Crippen molar-refractivity contribution in [3.05, 3.63) is 32.3 Å². The van der Waals surface area contributed by atoms with Crippen LogP contribution in [0.5, 0.6) is 0 Å². The van der Waals surface area contributed by atoms with Gasteiger partial charge in [0, 0.05) is 4.47 Å². The van der Waals surface area contributed by atoms with Gasteiger partial charge in [-0.1, -0.05) is 0 Å². The first-order chi connectivity index (χ1) is 5.70. The quantitative estimate of drug-likeness (QED) is 0.626. The van der Waals surface area contributed by atoms with E-state index in [0.29, 0.717) is 9.17 Å². The minimum atomic E-state index is -0.186. The van der Waals surface area contributed by atoms with Crippen LogP contribution in [0.4, 0.5) is 4.39 Å². The molecule has 12 heavy (non-hydrogen) atoms. The molecule has 0 fully saturated rings. The second-order valence-corrected chi connectivity index (χ2v) is 4.89. The SMILES string of the molecule is Fc1c(Br)c(Br)cc2ccsc12. The highest BCUT2D eigenvalue weighted by Gasteiger charge is 2.09. The van der Waals surface area contributed by atoms with Crippen molar-refractivity contribution in [2.75, 3.05) is 0 Å². The molecule has 0 atom stereocenters. The Morgan fingerprint density at radius 2 is 2.08 bits per heavy atom. The van der Waals surface area contributed by atoms with E-state index in [0.717, 1.165) is 9.86 Å². The van der Waals surface area contributed by atoms with E-state index in [9.17, 15) is 4.39 Å². The fraction of sp³-hybridized carbons (Fsp3) is 0. The van der Waals surface area contributed by atoms with Crippen LogP contribution >= 0.6 is 43.2 Å². The highest BCUT2D eigenvalue weighted by Crippen LogP contribution is 2.34. The van der Waals surface area contributed by atoms with Crippen LogP contribution in [0, 0.1) is 5.82 Å². The third-order valence-electron chi connectivity index (χ3n) is 1.58. The summed E-state index contributed by atoms with van der Waals surface area (Å²) in [5, 5.41) is 2.82. The van der Waals surface area contributed by atoms with Crippen molar-refractivity contribution in [1.29, 1.82) is 0 Å². The van der Waals surface area contributed by atoms with Crippen molar-refractivity contribution in [1.82, 2.24) is 0 Å². The summed E-state index contributed by atoms with van der Waals surface area (Å²) in [4.78, 5) is 0. The van der Waals surface area contributed by atoms with Gasteiger partial charge in [0.2, 0.25) is 0 Å². The lowest BCUT2D eigenvalue weighted by Crippen LogP contribution is -1.78. The molecule has 0 aliphatic carbocycles. The molecular weight excluding hydrogens is 307 g/mol. The summed E-state index contributed by atoms with van der Waals surface area (Å²) >= 11 is 7.85. The highest BCUT2D eigenvalue weighted by atomic mass is 79.9. The van der Waals surface area contributed by atoms with Crippen molar-refractivity contribution in [3.8, 4) is 0 Å².